The van der Waals surface area contributed by atoms with Crippen LogP contribution in [-0.2, 0) is 7.05 Å². The number of nitrogens with zero attached hydrogens (tertiary/aromatic N) is 3. The van der Waals surface area contributed by atoms with Crippen molar-refractivity contribution in [1.82, 2.24) is 4.57 Å². The summed E-state index contributed by atoms with van der Waals surface area (Å²) in [6, 6.07) is 12.5. The molecule has 6 heteroatoms. The van der Waals surface area contributed by atoms with Gasteiger partial charge >= 0.3 is 0 Å². The minimum absolute atomic E-state index is 0.153. The number of rotatable bonds is 2. The number of aromatic nitrogens is 1. The maximum atomic E-state index is 9.41. The van der Waals surface area contributed by atoms with Crippen molar-refractivity contribution < 1.29 is 10.2 Å². The molecule has 2 N–H and O–H groups in total. The topological polar surface area (TPSA) is 70.1 Å². The van der Waals surface area contributed by atoms with Crippen LogP contribution >= 0.6 is 11.3 Å². The van der Waals surface area contributed by atoms with Crippen LogP contribution in [-0.4, -0.2) is 21.0 Å². The summed E-state index contributed by atoms with van der Waals surface area (Å²) in [6.07, 6.45) is 1.53. The first-order chi connectivity index (χ1) is 10.1. The Labute approximate surface area is 124 Å². The summed E-state index contributed by atoms with van der Waals surface area (Å²) in [7, 11) is 1.94. The number of fused-ring (bicyclic) bond motifs is 1. The lowest BCUT2D eigenvalue weighted by Gasteiger charge is -1.97. The highest BCUT2D eigenvalue weighted by molar-refractivity contribution is 7.16. The van der Waals surface area contributed by atoms with Gasteiger partial charge in [-0.2, -0.15) is 5.10 Å². The first kappa shape index (κ1) is 13.4. The summed E-state index contributed by atoms with van der Waals surface area (Å²) in [5, 5.41) is 26.9. The maximum Gasteiger partial charge on any atom is 0.211 e. The molecule has 1 aromatic heterocycles. The lowest BCUT2D eigenvalue weighted by atomic mass is 10.2. The van der Waals surface area contributed by atoms with Crippen LogP contribution in [0.2, 0.25) is 0 Å². The summed E-state index contributed by atoms with van der Waals surface area (Å²) in [5.41, 5.74) is 1.77. The Hall–Kier alpha value is -2.60. The zero-order valence-electron chi connectivity index (χ0n) is 11.3. The molecule has 5 nitrogen and oxygen atoms in total. The van der Waals surface area contributed by atoms with Gasteiger partial charge in [-0.05, 0) is 35.9 Å². The number of phenols is 2. The highest BCUT2D eigenvalue weighted by Crippen LogP contribution is 2.24. The van der Waals surface area contributed by atoms with E-state index in [-0.39, 0.29) is 11.5 Å². The fourth-order valence-electron chi connectivity index (χ4n) is 1.94. The van der Waals surface area contributed by atoms with Crippen LogP contribution in [0.4, 0.5) is 0 Å². The van der Waals surface area contributed by atoms with E-state index in [1.165, 1.54) is 18.3 Å². The highest BCUT2D eigenvalue weighted by atomic mass is 32.1. The Kier molecular flexibility index (Phi) is 3.45. The summed E-state index contributed by atoms with van der Waals surface area (Å²) < 4.78 is 3.13. The molecule has 0 spiro atoms. The highest BCUT2D eigenvalue weighted by Gasteiger charge is 2.01. The minimum atomic E-state index is -0.175. The predicted octanol–water partition coefficient (Wildman–Crippen LogP) is 2.59. The Morgan fingerprint density at radius 3 is 2.67 bits per heavy atom. The van der Waals surface area contributed by atoms with Crippen molar-refractivity contribution in [2.24, 2.45) is 17.3 Å². The molecule has 3 aromatic rings. The number of thiazole rings is 1. The van der Waals surface area contributed by atoms with Gasteiger partial charge in [0.25, 0.3) is 0 Å². The molecule has 0 aliphatic carbocycles. The SMILES string of the molecule is Cn1c(=N/N=C/c2ccc(O)c(O)c2)sc2ccccc21. The molecule has 0 bridgehead atoms. The molecule has 0 fully saturated rings. The van der Waals surface area contributed by atoms with E-state index in [1.807, 2.05) is 35.9 Å². The monoisotopic (exact) mass is 299 g/mol. The van der Waals surface area contributed by atoms with Crippen LogP contribution in [0.15, 0.2) is 52.7 Å². The maximum absolute atomic E-state index is 9.41. The normalized spacial score (nSPS) is 12.5. The van der Waals surface area contributed by atoms with Crippen molar-refractivity contribution in [1.29, 1.82) is 0 Å². The Bertz CT molecular complexity index is 893. The van der Waals surface area contributed by atoms with Crippen molar-refractivity contribution in [3.05, 3.63) is 52.8 Å². The lowest BCUT2D eigenvalue weighted by Crippen LogP contribution is -2.08. The van der Waals surface area contributed by atoms with Crippen LogP contribution in [0.25, 0.3) is 10.2 Å². The van der Waals surface area contributed by atoms with Crippen molar-refractivity contribution in [2.45, 2.75) is 0 Å². The summed E-state index contributed by atoms with van der Waals surface area (Å²) in [4.78, 5) is 0.787. The van der Waals surface area contributed by atoms with Gasteiger partial charge in [0, 0.05) is 7.05 Å². The molecular formula is C15H13N3O2S. The number of aromatic hydroxyl groups is 2. The second kappa shape index (κ2) is 5.41. The van der Waals surface area contributed by atoms with Crippen molar-refractivity contribution in [2.75, 3.05) is 0 Å². The van der Waals surface area contributed by atoms with E-state index in [1.54, 1.807) is 17.4 Å². The van der Waals surface area contributed by atoms with Gasteiger partial charge in [0.15, 0.2) is 11.5 Å². The van der Waals surface area contributed by atoms with E-state index in [0.717, 1.165) is 15.0 Å². The zero-order chi connectivity index (χ0) is 14.8. The third-order valence-corrected chi connectivity index (χ3v) is 4.17. The van der Waals surface area contributed by atoms with Gasteiger partial charge in [0.05, 0.1) is 16.4 Å². The average molecular weight is 299 g/mol. The quantitative estimate of drug-likeness (QED) is 0.434. The second-order valence-corrected chi connectivity index (χ2v) is 5.51. The van der Waals surface area contributed by atoms with Gasteiger partial charge < -0.3 is 14.8 Å². The van der Waals surface area contributed by atoms with Gasteiger partial charge in [0.2, 0.25) is 4.80 Å². The molecule has 0 aliphatic heterocycles. The summed E-state index contributed by atoms with van der Waals surface area (Å²) in [6.45, 7) is 0. The molecule has 0 unspecified atom stereocenters. The number of benzene rings is 2. The van der Waals surface area contributed by atoms with E-state index in [4.69, 9.17) is 0 Å². The van der Waals surface area contributed by atoms with Crippen LogP contribution in [0, 0.1) is 0 Å². The predicted molar refractivity (Wildman–Crippen MR) is 83.7 cm³/mol. The molecule has 21 heavy (non-hydrogen) atoms. The molecule has 0 atom stereocenters. The van der Waals surface area contributed by atoms with E-state index >= 15 is 0 Å². The number of phenolic OH excluding ortho intramolecular Hbond substituents is 2. The fourth-order valence-corrected chi connectivity index (χ4v) is 2.92. The van der Waals surface area contributed by atoms with Crippen molar-refractivity contribution in [3.63, 3.8) is 0 Å². The third-order valence-electron chi connectivity index (χ3n) is 3.06. The van der Waals surface area contributed by atoms with Gasteiger partial charge in [0.1, 0.15) is 0 Å². The van der Waals surface area contributed by atoms with Gasteiger partial charge in [-0.25, -0.2) is 0 Å². The summed E-state index contributed by atoms with van der Waals surface area (Å²) >= 11 is 1.56. The van der Waals surface area contributed by atoms with Crippen LogP contribution in [0.3, 0.4) is 0 Å². The molecular weight excluding hydrogens is 286 g/mol. The Morgan fingerprint density at radius 1 is 1.10 bits per heavy atom. The van der Waals surface area contributed by atoms with Crippen LogP contribution in [0.1, 0.15) is 5.56 Å². The number of para-hydroxylation sites is 1. The number of hydrogen-bond acceptors (Lipinski definition) is 5. The van der Waals surface area contributed by atoms with E-state index in [9.17, 15) is 10.2 Å². The fraction of sp³-hybridized carbons (Fsp3) is 0.0667. The molecule has 0 aliphatic rings. The third kappa shape index (κ3) is 2.66. The van der Waals surface area contributed by atoms with Gasteiger partial charge in [-0.15, -0.1) is 5.10 Å². The van der Waals surface area contributed by atoms with E-state index in [2.05, 4.69) is 10.2 Å². The first-order valence-corrected chi connectivity index (χ1v) is 7.10. The standard InChI is InChI=1S/C15H13N3O2S/c1-18-11-4-2-3-5-14(11)21-15(18)17-16-9-10-6-7-12(19)13(20)8-10/h2-9,19-20H,1H3/b16-9+,17-15?. The van der Waals surface area contributed by atoms with E-state index in [0.29, 0.717) is 5.56 Å². The average Bonchev–Trinajstić information content (AvgIpc) is 2.80. The molecule has 0 amide bonds. The molecule has 3 rings (SSSR count). The smallest absolute Gasteiger partial charge is 0.211 e. The first-order valence-electron chi connectivity index (χ1n) is 6.29. The number of aryl methyl sites for hydroxylation is 1. The van der Waals surface area contributed by atoms with Crippen LogP contribution in [0.5, 0.6) is 11.5 Å². The van der Waals surface area contributed by atoms with Crippen molar-refractivity contribution in [3.8, 4) is 11.5 Å². The molecule has 106 valence electrons. The Morgan fingerprint density at radius 2 is 1.90 bits per heavy atom. The minimum Gasteiger partial charge on any atom is -0.504 e. The van der Waals surface area contributed by atoms with Gasteiger partial charge in [-0.3, -0.25) is 0 Å². The second-order valence-electron chi connectivity index (χ2n) is 4.50. The number of hydrogen-bond donors (Lipinski definition) is 2. The van der Waals surface area contributed by atoms with Gasteiger partial charge in [-0.1, -0.05) is 23.5 Å². The molecule has 1 heterocycles. The largest absolute Gasteiger partial charge is 0.504 e. The molecule has 0 radical (unpaired) electrons. The van der Waals surface area contributed by atoms with E-state index < -0.39 is 0 Å². The molecule has 0 saturated heterocycles. The molecule has 2 aromatic carbocycles. The summed E-state index contributed by atoms with van der Waals surface area (Å²) in [5.74, 6) is -0.327. The zero-order valence-corrected chi connectivity index (χ0v) is 12.1. The molecule has 0 saturated carbocycles. The lowest BCUT2D eigenvalue weighted by molar-refractivity contribution is 0.403. The van der Waals surface area contributed by atoms with Crippen molar-refractivity contribution >= 4 is 27.8 Å². The van der Waals surface area contributed by atoms with Crippen LogP contribution < -0.4 is 4.80 Å². The Balaban J connectivity index is 1.95.